The molecule has 21 heavy (non-hydrogen) atoms. The number of rotatable bonds is 4. The van der Waals surface area contributed by atoms with Crippen molar-refractivity contribution in [1.29, 1.82) is 0 Å². The van der Waals surface area contributed by atoms with Crippen molar-refractivity contribution in [3.63, 3.8) is 0 Å². The summed E-state index contributed by atoms with van der Waals surface area (Å²) in [5.41, 5.74) is 5.18. The number of hydrogen-bond acceptors (Lipinski definition) is 6. The van der Waals surface area contributed by atoms with Crippen LogP contribution in [0.15, 0.2) is 4.52 Å². The van der Waals surface area contributed by atoms with Crippen LogP contribution in [0.25, 0.3) is 0 Å². The second-order valence-electron chi connectivity index (χ2n) is 5.78. The van der Waals surface area contributed by atoms with Crippen LogP contribution < -0.4 is 16.4 Å². The average molecular weight is 316 g/mol. The van der Waals surface area contributed by atoms with Gasteiger partial charge in [0.2, 0.25) is 11.8 Å². The lowest BCUT2D eigenvalue weighted by molar-refractivity contribution is -0.133. The van der Waals surface area contributed by atoms with Crippen molar-refractivity contribution in [2.45, 2.75) is 32.1 Å². The van der Waals surface area contributed by atoms with Crippen LogP contribution in [0, 0.1) is 11.3 Å². The van der Waals surface area contributed by atoms with Gasteiger partial charge in [0.05, 0.1) is 5.41 Å². The summed E-state index contributed by atoms with van der Waals surface area (Å²) in [5.74, 6) is 1.25. The molecule has 3 rings (SSSR count). The molecular weight excluding hydrogens is 294 g/mol. The van der Waals surface area contributed by atoms with Crippen LogP contribution in [0.3, 0.4) is 0 Å². The highest BCUT2D eigenvalue weighted by molar-refractivity contribution is 5.85. The molecule has 118 valence electrons. The van der Waals surface area contributed by atoms with Crippen molar-refractivity contribution in [3.8, 4) is 0 Å². The van der Waals surface area contributed by atoms with Crippen molar-refractivity contribution in [3.05, 3.63) is 5.89 Å². The molecule has 1 aliphatic heterocycles. The Bertz CT molecular complexity index is 495. The van der Waals surface area contributed by atoms with Gasteiger partial charge in [-0.05, 0) is 30.5 Å². The molecule has 8 heteroatoms. The second kappa shape index (κ2) is 6.62. The molecular formula is C13H22ClN5O2. The molecule has 0 spiro atoms. The van der Waals surface area contributed by atoms with Crippen molar-refractivity contribution < 1.29 is 9.32 Å². The van der Waals surface area contributed by atoms with Gasteiger partial charge >= 0.3 is 0 Å². The molecule has 0 bridgehead atoms. The lowest BCUT2D eigenvalue weighted by Crippen LogP contribution is -2.48. The first-order chi connectivity index (χ1) is 9.71. The summed E-state index contributed by atoms with van der Waals surface area (Å²) in [6.45, 7) is 2.28. The maximum atomic E-state index is 12.6. The van der Waals surface area contributed by atoms with E-state index in [1.807, 2.05) is 0 Å². The van der Waals surface area contributed by atoms with E-state index in [0.29, 0.717) is 24.8 Å². The minimum Gasteiger partial charge on any atom is -0.365 e. The van der Waals surface area contributed by atoms with Crippen LogP contribution in [0.2, 0.25) is 0 Å². The topological polar surface area (TPSA) is 106 Å². The SMILES string of the molecule is Cl.Nc1noc(CCNC(=O)[C@@]23CCCC[C@H]2CNC3)n1. The third-order valence-corrected chi connectivity index (χ3v) is 4.60. The zero-order chi connectivity index (χ0) is 14.0. The van der Waals surface area contributed by atoms with Gasteiger partial charge in [-0.2, -0.15) is 4.98 Å². The first kappa shape index (κ1) is 16.0. The van der Waals surface area contributed by atoms with Crippen molar-refractivity contribution in [2.24, 2.45) is 11.3 Å². The van der Waals surface area contributed by atoms with Gasteiger partial charge in [0, 0.05) is 19.5 Å². The number of halogens is 1. The predicted molar refractivity (Wildman–Crippen MR) is 79.9 cm³/mol. The van der Waals surface area contributed by atoms with Crippen molar-refractivity contribution >= 4 is 24.3 Å². The zero-order valence-corrected chi connectivity index (χ0v) is 12.7. The molecule has 2 heterocycles. The molecule has 1 saturated heterocycles. The summed E-state index contributed by atoms with van der Waals surface area (Å²) < 4.78 is 4.93. The molecule has 7 nitrogen and oxygen atoms in total. The van der Waals surface area contributed by atoms with Crippen LogP contribution in [0.4, 0.5) is 5.95 Å². The second-order valence-corrected chi connectivity index (χ2v) is 5.78. The summed E-state index contributed by atoms with van der Waals surface area (Å²) >= 11 is 0. The predicted octanol–water partition coefficient (Wildman–Crippen LogP) is 0.512. The van der Waals surface area contributed by atoms with Crippen molar-refractivity contribution in [1.82, 2.24) is 20.8 Å². The number of nitrogens with zero attached hydrogens (tertiary/aromatic N) is 2. The van der Waals surface area contributed by atoms with Gasteiger partial charge in [0.25, 0.3) is 5.95 Å². The average Bonchev–Trinajstić information content (AvgIpc) is 3.05. The van der Waals surface area contributed by atoms with E-state index >= 15 is 0 Å². The molecule has 0 unspecified atom stereocenters. The van der Waals surface area contributed by atoms with Gasteiger partial charge in [0.1, 0.15) is 0 Å². The number of nitrogens with one attached hydrogen (secondary N) is 2. The van der Waals surface area contributed by atoms with Crippen LogP contribution in [0.1, 0.15) is 31.6 Å². The van der Waals surface area contributed by atoms with Gasteiger partial charge < -0.3 is 20.9 Å². The van der Waals surface area contributed by atoms with Crippen molar-refractivity contribution in [2.75, 3.05) is 25.4 Å². The fourth-order valence-corrected chi connectivity index (χ4v) is 3.52. The molecule has 2 fully saturated rings. The molecule has 1 saturated carbocycles. The van der Waals surface area contributed by atoms with E-state index in [0.717, 1.165) is 32.4 Å². The molecule has 0 aromatic carbocycles. The summed E-state index contributed by atoms with van der Waals surface area (Å²) in [4.78, 5) is 16.5. The Kier molecular flexibility index (Phi) is 5.05. The fourth-order valence-electron chi connectivity index (χ4n) is 3.52. The number of fused-ring (bicyclic) bond motifs is 1. The maximum absolute atomic E-state index is 12.6. The molecule has 1 amide bonds. The Balaban J connectivity index is 0.00000161. The summed E-state index contributed by atoms with van der Waals surface area (Å²) in [7, 11) is 0. The number of amides is 1. The number of aromatic nitrogens is 2. The molecule has 1 aromatic heterocycles. The van der Waals surface area contributed by atoms with Gasteiger partial charge in [-0.25, -0.2) is 0 Å². The minimum absolute atomic E-state index is 0. The number of hydrogen-bond donors (Lipinski definition) is 3. The van der Waals surface area contributed by atoms with Crippen LogP contribution >= 0.6 is 12.4 Å². The Morgan fingerprint density at radius 1 is 1.52 bits per heavy atom. The number of nitrogen functional groups attached to an aromatic ring is 1. The van der Waals surface area contributed by atoms with Crippen LogP contribution in [-0.2, 0) is 11.2 Å². The number of carbonyl (C=O) groups excluding carboxylic acids is 1. The summed E-state index contributed by atoms with van der Waals surface area (Å²) in [5, 5.41) is 9.93. The lowest BCUT2D eigenvalue weighted by atomic mass is 9.67. The first-order valence-corrected chi connectivity index (χ1v) is 7.28. The number of carbonyl (C=O) groups is 1. The van der Waals surface area contributed by atoms with E-state index in [2.05, 4.69) is 20.8 Å². The highest BCUT2D eigenvalue weighted by Crippen LogP contribution is 2.43. The van der Waals surface area contributed by atoms with E-state index < -0.39 is 0 Å². The highest BCUT2D eigenvalue weighted by atomic mass is 35.5. The first-order valence-electron chi connectivity index (χ1n) is 7.28. The highest BCUT2D eigenvalue weighted by Gasteiger charge is 2.49. The Morgan fingerprint density at radius 2 is 2.38 bits per heavy atom. The fraction of sp³-hybridized carbons (Fsp3) is 0.769. The van der Waals surface area contributed by atoms with Crippen LogP contribution in [0.5, 0.6) is 0 Å². The van der Waals surface area contributed by atoms with Gasteiger partial charge in [0.15, 0.2) is 0 Å². The Labute approximate surface area is 129 Å². The van der Waals surface area contributed by atoms with E-state index in [1.54, 1.807) is 0 Å². The Hall–Kier alpha value is -1.34. The smallest absolute Gasteiger partial charge is 0.260 e. The van der Waals surface area contributed by atoms with E-state index in [4.69, 9.17) is 10.3 Å². The monoisotopic (exact) mass is 315 g/mol. The van der Waals surface area contributed by atoms with Gasteiger partial charge in [-0.3, -0.25) is 4.79 Å². The van der Waals surface area contributed by atoms with Gasteiger partial charge in [-0.1, -0.05) is 12.8 Å². The summed E-state index contributed by atoms with van der Waals surface area (Å²) in [6.07, 6.45) is 5.04. The molecule has 2 aliphatic rings. The maximum Gasteiger partial charge on any atom is 0.260 e. The number of nitrogens with two attached hydrogens (primary N) is 1. The zero-order valence-electron chi connectivity index (χ0n) is 11.9. The lowest BCUT2D eigenvalue weighted by Gasteiger charge is -2.37. The third-order valence-electron chi connectivity index (χ3n) is 4.60. The molecule has 0 radical (unpaired) electrons. The molecule has 2 atom stereocenters. The molecule has 4 N–H and O–H groups in total. The van der Waals surface area contributed by atoms with E-state index in [1.165, 1.54) is 6.42 Å². The third kappa shape index (κ3) is 3.13. The minimum atomic E-state index is -0.202. The van der Waals surface area contributed by atoms with E-state index in [-0.39, 0.29) is 29.7 Å². The normalized spacial score (nSPS) is 27.7. The number of anilines is 1. The molecule has 1 aromatic rings. The molecule has 1 aliphatic carbocycles. The Morgan fingerprint density at radius 3 is 3.14 bits per heavy atom. The van der Waals surface area contributed by atoms with Gasteiger partial charge in [-0.15, -0.1) is 12.4 Å². The summed E-state index contributed by atoms with van der Waals surface area (Å²) in [6, 6.07) is 0. The van der Waals surface area contributed by atoms with Crippen LogP contribution in [-0.4, -0.2) is 35.7 Å². The van der Waals surface area contributed by atoms with E-state index in [9.17, 15) is 4.79 Å². The standard InChI is InChI=1S/C13H21N5O2.ClH/c14-12-17-10(20-18-12)4-6-16-11(19)13-5-2-1-3-9(13)7-15-8-13;/h9,15H,1-8H2,(H2,14,18)(H,16,19);1H/t9-,13+;/m0./s1. The quantitative estimate of drug-likeness (QED) is 0.747. The largest absolute Gasteiger partial charge is 0.365 e.